The minimum Gasteiger partial charge on any atom is -0.309 e. The van der Waals surface area contributed by atoms with E-state index in [-0.39, 0.29) is 5.41 Å². The fourth-order valence-electron chi connectivity index (χ4n) is 11.0. The molecule has 268 valence electrons. The van der Waals surface area contributed by atoms with Crippen molar-refractivity contribution < 1.29 is 0 Å². The predicted molar refractivity (Wildman–Crippen MR) is 238 cm³/mol. The van der Waals surface area contributed by atoms with Gasteiger partial charge in [-0.3, -0.25) is 0 Å². The maximum absolute atomic E-state index is 2.58. The van der Waals surface area contributed by atoms with Gasteiger partial charge in [0.1, 0.15) is 0 Å². The highest BCUT2D eigenvalue weighted by Gasteiger charge is 2.52. The second-order valence-corrected chi connectivity index (χ2v) is 16.4. The van der Waals surface area contributed by atoms with Gasteiger partial charge in [0.15, 0.2) is 0 Å². The quantitative estimate of drug-likeness (QED) is 0.175. The van der Waals surface area contributed by atoms with Crippen LogP contribution in [-0.2, 0) is 10.8 Å². The van der Waals surface area contributed by atoms with E-state index in [9.17, 15) is 0 Å². The molecule has 1 heteroatoms. The Morgan fingerprint density at radius 1 is 0.368 bits per heavy atom. The molecule has 0 bridgehead atoms. The van der Waals surface area contributed by atoms with Crippen LogP contribution < -0.4 is 4.90 Å². The van der Waals surface area contributed by atoms with Crippen LogP contribution >= 0.6 is 0 Å². The van der Waals surface area contributed by atoms with E-state index in [4.69, 9.17) is 0 Å². The van der Waals surface area contributed by atoms with Gasteiger partial charge in [-0.2, -0.15) is 0 Å². The van der Waals surface area contributed by atoms with Gasteiger partial charge < -0.3 is 4.90 Å². The van der Waals surface area contributed by atoms with Crippen LogP contribution in [-0.4, -0.2) is 0 Å². The zero-order valence-corrected chi connectivity index (χ0v) is 32.0. The third-order valence-corrected chi connectivity index (χ3v) is 13.2. The highest BCUT2D eigenvalue weighted by molar-refractivity contribution is 6.08. The van der Waals surface area contributed by atoms with Crippen LogP contribution in [0.25, 0.3) is 55.3 Å². The molecule has 0 saturated heterocycles. The monoisotopic (exact) mass is 725 g/mol. The average Bonchev–Trinajstić information content (AvgIpc) is 3.84. The van der Waals surface area contributed by atoms with E-state index in [2.05, 4.69) is 219 Å². The number of anilines is 3. The molecule has 0 amide bonds. The molecule has 1 spiro atoms. The molecule has 0 aliphatic heterocycles. The molecule has 9 aromatic rings. The summed E-state index contributed by atoms with van der Waals surface area (Å²) in [7, 11) is 0. The average molecular weight is 726 g/mol. The number of hydrogen-bond donors (Lipinski definition) is 0. The van der Waals surface area contributed by atoms with Crippen LogP contribution in [0.2, 0.25) is 0 Å². The lowest BCUT2D eigenvalue weighted by atomic mass is 9.70. The summed E-state index contributed by atoms with van der Waals surface area (Å²) < 4.78 is 0. The van der Waals surface area contributed by atoms with E-state index < -0.39 is 5.41 Å². The number of benzene rings is 9. The summed E-state index contributed by atoms with van der Waals surface area (Å²) in [5.74, 6) is 0. The maximum atomic E-state index is 2.58. The standard InChI is InChI=1S/C56H39N/c1-55(2)45-25-12-10-23-43(45)53-51(35-38-19-6-7-20-40(38)54(53)55)57(39-33-31-37(32-34-39)36-17-4-3-5-18-36)50-30-16-29-49-52(50)44-24-11-15-28-48(44)56(49)46-26-13-8-21-41(46)42-22-9-14-27-47(42)56/h3-35H,1-2H3. The van der Waals surface area contributed by atoms with Crippen molar-refractivity contribution >= 4 is 27.8 Å². The highest BCUT2D eigenvalue weighted by atomic mass is 15.1. The largest absolute Gasteiger partial charge is 0.309 e. The van der Waals surface area contributed by atoms with E-state index in [1.165, 1.54) is 100 Å². The minimum absolute atomic E-state index is 0.184. The van der Waals surface area contributed by atoms with Crippen LogP contribution in [0, 0.1) is 0 Å². The first-order chi connectivity index (χ1) is 28.1. The molecule has 0 N–H and O–H groups in total. The van der Waals surface area contributed by atoms with Crippen molar-refractivity contribution in [3.8, 4) is 44.5 Å². The van der Waals surface area contributed by atoms with E-state index in [1.54, 1.807) is 0 Å². The smallest absolute Gasteiger partial charge is 0.0726 e. The highest BCUT2D eigenvalue weighted by Crippen LogP contribution is 2.65. The van der Waals surface area contributed by atoms with Crippen molar-refractivity contribution in [2.75, 3.05) is 4.90 Å². The van der Waals surface area contributed by atoms with Gasteiger partial charge in [-0.15, -0.1) is 0 Å². The molecular formula is C56H39N. The summed E-state index contributed by atoms with van der Waals surface area (Å²) in [5, 5.41) is 2.57. The SMILES string of the molecule is CC1(C)c2ccccc2-c2c(N(c3ccc(-c4ccccc4)cc3)c3cccc4c3-c3ccccc3C43c4ccccc4-c4ccccc43)cc3ccccc3c21. The maximum Gasteiger partial charge on any atom is 0.0726 e. The number of hydrogen-bond acceptors (Lipinski definition) is 1. The molecule has 0 heterocycles. The van der Waals surface area contributed by atoms with Crippen LogP contribution in [0.5, 0.6) is 0 Å². The predicted octanol–water partition coefficient (Wildman–Crippen LogP) is 14.6. The number of nitrogens with zero attached hydrogens (tertiary/aromatic N) is 1. The van der Waals surface area contributed by atoms with Gasteiger partial charge in [0.2, 0.25) is 0 Å². The first-order valence-electron chi connectivity index (χ1n) is 20.1. The summed E-state index contributed by atoms with van der Waals surface area (Å²) in [6.07, 6.45) is 0. The second-order valence-electron chi connectivity index (χ2n) is 16.4. The summed E-state index contributed by atoms with van der Waals surface area (Å²) in [6, 6.07) is 74.9. The molecular weight excluding hydrogens is 687 g/mol. The Morgan fingerprint density at radius 2 is 0.877 bits per heavy atom. The van der Waals surface area contributed by atoms with Gasteiger partial charge in [0.05, 0.1) is 16.8 Å². The normalized spacial score (nSPS) is 14.4. The molecule has 0 atom stereocenters. The van der Waals surface area contributed by atoms with Gasteiger partial charge >= 0.3 is 0 Å². The summed E-state index contributed by atoms with van der Waals surface area (Å²) in [6.45, 7) is 4.81. The Balaban J connectivity index is 1.20. The van der Waals surface area contributed by atoms with Crippen molar-refractivity contribution in [1.29, 1.82) is 0 Å². The van der Waals surface area contributed by atoms with E-state index >= 15 is 0 Å². The van der Waals surface area contributed by atoms with Crippen molar-refractivity contribution in [1.82, 2.24) is 0 Å². The van der Waals surface area contributed by atoms with Crippen LogP contribution in [0.15, 0.2) is 200 Å². The fraction of sp³-hybridized carbons (Fsp3) is 0.0714. The fourth-order valence-corrected chi connectivity index (χ4v) is 11.0. The minimum atomic E-state index is -0.433. The lowest BCUT2D eigenvalue weighted by molar-refractivity contribution is 0.666. The molecule has 57 heavy (non-hydrogen) atoms. The molecule has 1 nitrogen and oxygen atoms in total. The van der Waals surface area contributed by atoms with Gasteiger partial charge in [0.25, 0.3) is 0 Å². The number of fused-ring (bicyclic) bond motifs is 15. The topological polar surface area (TPSA) is 3.24 Å². The second kappa shape index (κ2) is 11.8. The molecule has 0 radical (unpaired) electrons. The summed E-state index contributed by atoms with van der Waals surface area (Å²) in [4.78, 5) is 2.58. The molecule has 9 aromatic carbocycles. The Kier molecular flexibility index (Phi) is 6.67. The van der Waals surface area contributed by atoms with Crippen molar-refractivity contribution in [3.63, 3.8) is 0 Å². The molecule has 0 aromatic heterocycles. The van der Waals surface area contributed by atoms with Gasteiger partial charge in [-0.25, -0.2) is 0 Å². The lowest BCUT2D eigenvalue weighted by Gasteiger charge is -2.33. The molecule has 0 unspecified atom stereocenters. The van der Waals surface area contributed by atoms with Gasteiger partial charge in [-0.1, -0.05) is 190 Å². The lowest BCUT2D eigenvalue weighted by Crippen LogP contribution is -2.26. The third kappa shape index (κ3) is 4.24. The number of rotatable bonds is 4. The van der Waals surface area contributed by atoms with E-state index in [1.807, 2.05) is 0 Å². The molecule has 3 aliphatic carbocycles. The van der Waals surface area contributed by atoms with Crippen LogP contribution in [0.4, 0.5) is 17.1 Å². The molecule has 3 aliphatic rings. The molecule has 12 rings (SSSR count). The van der Waals surface area contributed by atoms with Gasteiger partial charge in [0, 0.05) is 22.2 Å². The Morgan fingerprint density at radius 3 is 1.56 bits per heavy atom. The zero-order valence-electron chi connectivity index (χ0n) is 32.0. The van der Waals surface area contributed by atoms with Crippen LogP contribution in [0.1, 0.15) is 47.2 Å². The molecule has 0 fully saturated rings. The summed E-state index contributed by atoms with van der Waals surface area (Å²) in [5.41, 5.74) is 21.3. The van der Waals surface area contributed by atoms with Crippen molar-refractivity contribution in [3.05, 3.63) is 234 Å². The Bertz CT molecular complexity index is 3050. The van der Waals surface area contributed by atoms with E-state index in [0.29, 0.717) is 0 Å². The first kappa shape index (κ1) is 32.3. The Hall–Kier alpha value is -6.96. The zero-order chi connectivity index (χ0) is 37.9. The van der Waals surface area contributed by atoms with Crippen molar-refractivity contribution in [2.24, 2.45) is 0 Å². The van der Waals surface area contributed by atoms with Crippen molar-refractivity contribution in [2.45, 2.75) is 24.7 Å². The van der Waals surface area contributed by atoms with Crippen LogP contribution in [0.3, 0.4) is 0 Å². The van der Waals surface area contributed by atoms with E-state index in [0.717, 1.165) is 5.69 Å². The summed E-state index contributed by atoms with van der Waals surface area (Å²) >= 11 is 0. The molecule has 0 saturated carbocycles. The third-order valence-electron chi connectivity index (χ3n) is 13.2. The first-order valence-corrected chi connectivity index (χ1v) is 20.1. The van der Waals surface area contributed by atoms with Gasteiger partial charge in [-0.05, 0) is 102 Å². The Labute approximate surface area is 334 Å².